The average molecular weight is 323 g/mol. The SMILES string of the molecule is CN[C@@H](Cc1cc(F)cc(F)c1)C(COC)OS(C)(=O)=O. The van der Waals surface area contributed by atoms with Crippen molar-refractivity contribution in [1.29, 1.82) is 0 Å². The van der Waals surface area contributed by atoms with Gasteiger partial charge in [0.25, 0.3) is 10.1 Å². The summed E-state index contributed by atoms with van der Waals surface area (Å²) in [6, 6.07) is 2.67. The van der Waals surface area contributed by atoms with Gasteiger partial charge >= 0.3 is 0 Å². The van der Waals surface area contributed by atoms with Gasteiger partial charge in [0.05, 0.1) is 12.9 Å². The summed E-state index contributed by atoms with van der Waals surface area (Å²) < 4.78 is 58.8. The van der Waals surface area contributed by atoms with Gasteiger partial charge in [0.1, 0.15) is 17.7 Å². The molecule has 1 aromatic carbocycles. The molecule has 0 aliphatic heterocycles. The highest BCUT2D eigenvalue weighted by Crippen LogP contribution is 2.14. The fourth-order valence-electron chi connectivity index (χ4n) is 2.00. The number of likely N-dealkylation sites (N-methyl/N-ethyl adjacent to an activating group) is 1. The lowest BCUT2D eigenvalue weighted by molar-refractivity contribution is 0.0625. The van der Waals surface area contributed by atoms with E-state index in [0.29, 0.717) is 5.56 Å². The maximum atomic E-state index is 13.2. The Hall–Kier alpha value is -1.09. The Morgan fingerprint density at radius 1 is 1.24 bits per heavy atom. The maximum absolute atomic E-state index is 13.2. The second-order valence-corrected chi connectivity index (χ2v) is 6.27. The molecule has 0 saturated heterocycles. The van der Waals surface area contributed by atoms with Gasteiger partial charge in [-0.15, -0.1) is 0 Å². The van der Waals surface area contributed by atoms with E-state index in [0.717, 1.165) is 12.3 Å². The van der Waals surface area contributed by atoms with Gasteiger partial charge < -0.3 is 10.1 Å². The van der Waals surface area contributed by atoms with Crippen molar-refractivity contribution in [2.24, 2.45) is 0 Å². The molecule has 2 atom stereocenters. The number of benzene rings is 1. The zero-order valence-electron chi connectivity index (χ0n) is 12.1. The molecule has 21 heavy (non-hydrogen) atoms. The summed E-state index contributed by atoms with van der Waals surface area (Å²) in [5.41, 5.74) is 0.394. The lowest BCUT2D eigenvalue weighted by Crippen LogP contribution is -2.44. The molecule has 0 amide bonds. The van der Waals surface area contributed by atoms with Gasteiger partial charge in [0.2, 0.25) is 0 Å². The molecule has 8 heteroatoms. The Morgan fingerprint density at radius 2 is 1.81 bits per heavy atom. The molecule has 1 unspecified atom stereocenters. The summed E-state index contributed by atoms with van der Waals surface area (Å²) in [7, 11) is -0.662. The Labute approximate surface area is 123 Å². The van der Waals surface area contributed by atoms with Gasteiger partial charge in [-0.3, -0.25) is 4.18 Å². The Kier molecular flexibility index (Phi) is 6.66. The molecular formula is C13H19F2NO4S. The zero-order chi connectivity index (χ0) is 16.0. The Morgan fingerprint density at radius 3 is 2.24 bits per heavy atom. The van der Waals surface area contributed by atoms with Crippen LogP contribution < -0.4 is 5.32 Å². The van der Waals surface area contributed by atoms with E-state index in [1.54, 1.807) is 7.05 Å². The minimum atomic E-state index is -3.68. The van der Waals surface area contributed by atoms with Gasteiger partial charge in [-0.2, -0.15) is 8.42 Å². The number of rotatable bonds is 8. The monoisotopic (exact) mass is 323 g/mol. The molecule has 1 rings (SSSR count). The van der Waals surface area contributed by atoms with Gasteiger partial charge in [0.15, 0.2) is 0 Å². The first-order valence-corrected chi connectivity index (χ1v) is 8.06. The van der Waals surface area contributed by atoms with E-state index < -0.39 is 33.9 Å². The van der Waals surface area contributed by atoms with Crippen LogP contribution in [0.2, 0.25) is 0 Å². The van der Waals surface area contributed by atoms with E-state index in [4.69, 9.17) is 8.92 Å². The highest BCUT2D eigenvalue weighted by Gasteiger charge is 2.25. The molecule has 0 aromatic heterocycles. The summed E-state index contributed by atoms with van der Waals surface area (Å²) in [6.45, 7) is 0.0242. The van der Waals surface area contributed by atoms with Crippen LogP contribution in [0.3, 0.4) is 0 Å². The van der Waals surface area contributed by atoms with Gasteiger partial charge in [-0.25, -0.2) is 8.78 Å². The molecule has 120 valence electrons. The summed E-state index contributed by atoms with van der Waals surface area (Å²) in [6.07, 6.45) is 0.320. The van der Waals surface area contributed by atoms with Crippen LogP contribution in [-0.2, 0) is 25.5 Å². The second-order valence-electron chi connectivity index (χ2n) is 4.67. The number of hydrogen-bond acceptors (Lipinski definition) is 5. The minimum absolute atomic E-state index is 0.0242. The van der Waals surface area contributed by atoms with Crippen LogP contribution in [0.1, 0.15) is 5.56 Å². The summed E-state index contributed by atoms with van der Waals surface area (Å²) >= 11 is 0. The second kappa shape index (κ2) is 7.79. The Bertz CT molecular complexity index is 545. The molecule has 1 N–H and O–H groups in total. The van der Waals surface area contributed by atoms with Crippen molar-refractivity contribution in [2.45, 2.75) is 18.6 Å². The molecule has 0 aliphatic carbocycles. The zero-order valence-corrected chi connectivity index (χ0v) is 12.9. The smallest absolute Gasteiger partial charge is 0.264 e. The molecular weight excluding hydrogens is 304 g/mol. The fraction of sp³-hybridized carbons (Fsp3) is 0.538. The molecule has 0 spiro atoms. The van der Waals surface area contributed by atoms with E-state index >= 15 is 0 Å². The topological polar surface area (TPSA) is 64.6 Å². The molecule has 0 bridgehead atoms. The molecule has 1 aromatic rings. The molecule has 0 saturated carbocycles. The predicted molar refractivity (Wildman–Crippen MR) is 74.5 cm³/mol. The average Bonchev–Trinajstić information content (AvgIpc) is 2.32. The standard InChI is InChI=1S/C13H19F2NO4S/c1-16-12(13(8-19-2)20-21(3,17)18)6-9-4-10(14)7-11(15)5-9/h4-5,7,12-13,16H,6,8H2,1-3H3/t12-,13?/m0/s1. The quantitative estimate of drug-likeness (QED) is 0.726. The van der Waals surface area contributed by atoms with Crippen molar-refractivity contribution in [3.63, 3.8) is 0 Å². The van der Waals surface area contributed by atoms with Gasteiger partial charge in [-0.05, 0) is 31.2 Å². The third-order valence-corrected chi connectivity index (χ3v) is 3.42. The molecule has 5 nitrogen and oxygen atoms in total. The van der Waals surface area contributed by atoms with Crippen LogP contribution in [0.4, 0.5) is 8.78 Å². The normalized spacial score (nSPS) is 14.9. The minimum Gasteiger partial charge on any atom is -0.382 e. The number of halogens is 2. The number of nitrogens with one attached hydrogen (secondary N) is 1. The highest BCUT2D eigenvalue weighted by atomic mass is 32.2. The van der Waals surface area contributed by atoms with Crippen molar-refractivity contribution in [1.82, 2.24) is 5.32 Å². The van der Waals surface area contributed by atoms with E-state index in [-0.39, 0.29) is 13.0 Å². The first-order valence-electron chi connectivity index (χ1n) is 6.24. The summed E-state index contributed by atoms with van der Waals surface area (Å²) in [5, 5.41) is 2.88. The number of ether oxygens (including phenoxy) is 1. The first kappa shape index (κ1) is 18.0. The summed E-state index contributed by atoms with van der Waals surface area (Å²) in [5.74, 6) is -1.38. The third-order valence-electron chi connectivity index (χ3n) is 2.83. The van der Waals surface area contributed by atoms with E-state index in [1.807, 2.05) is 0 Å². The van der Waals surface area contributed by atoms with Crippen LogP contribution in [0, 0.1) is 11.6 Å². The van der Waals surface area contributed by atoms with E-state index in [9.17, 15) is 17.2 Å². The van der Waals surface area contributed by atoms with Gasteiger partial charge in [-0.1, -0.05) is 0 Å². The summed E-state index contributed by atoms with van der Waals surface area (Å²) in [4.78, 5) is 0. The predicted octanol–water partition coefficient (Wildman–Crippen LogP) is 1.09. The van der Waals surface area contributed by atoms with Crippen molar-refractivity contribution < 1.29 is 26.1 Å². The van der Waals surface area contributed by atoms with Gasteiger partial charge in [0, 0.05) is 19.2 Å². The van der Waals surface area contributed by atoms with Crippen molar-refractivity contribution in [2.75, 3.05) is 27.0 Å². The van der Waals surface area contributed by atoms with E-state index in [1.165, 1.54) is 19.2 Å². The van der Waals surface area contributed by atoms with Crippen molar-refractivity contribution in [3.05, 3.63) is 35.4 Å². The maximum Gasteiger partial charge on any atom is 0.264 e. The van der Waals surface area contributed by atoms with Crippen molar-refractivity contribution >= 4 is 10.1 Å². The molecule has 0 heterocycles. The lowest BCUT2D eigenvalue weighted by atomic mass is 10.0. The largest absolute Gasteiger partial charge is 0.382 e. The van der Waals surface area contributed by atoms with E-state index in [2.05, 4.69) is 5.32 Å². The fourth-order valence-corrected chi connectivity index (χ4v) is 2.64. The molecule has 0 radical (unpaired) electrons. The van der Waals surface area contributed by atoms with Crippen LogP contribution in [-0.4, -0.2) is 47.6 Å². The van der Waals surface area contributed by atoms with Crippen LogP contribution in [0.5, 0.6) is 0 Å². The van der Waals surface area contributed by atoms with Crippen LogP contribution in [0.15, 0.2) is 18.2 Å². The number of methoxy groups -OCH3 is 1. The third kappa shape index (κ3) is 6.47. The highest BCUT2D eigenvalue weighted by molar-refractivity contribution is 7.86. The van der Waals surface area contributed by atoms with Crippen LogP contribution in [0.25, 0.3) is 0 Å². The Balaban J connectivity index is 2.92. The lowest BCUT2D eigenvalue weighted by Gasteiger charge is -2.25. The van der Waals surface area contributed by atoms with Crippen molar-refractivity contribution in [3.8, 4) is 0 Å². The molecule has 0 aliphatic rings. The molecule has 0 fully saturated rings. The van der Waals surface area contributed by atoms with Crippen LogP contribution >= 0.6 is 0 Å². The first-order chi connectivity index (χ1) is 9.75. The number of hydrogen-bond donors (Lipinski definition) is 1.